The topological polar surface area (TPSA) is 355 Å². The molecule has 4 aromatic rings. The number of benzene rings is 3. The zero-order valence-corrected chi connectivity index (χ0v) is 46.6. The number of phenolic OH excluding ortho intramolecular Hbond substituents is 1. The van der Waals surface area contributed by atoms with E-state index >= 15 is 0 Å². The van der Waals surface area contributed by atoms with Crippen molar-refractivity contribution in [1.29, 1.82) is 0 Å². The molecule has 2 heterocycles. The van der Waals surface area contributed by atoms with E-state index in [1.54, 1.807) is 36.5 Å². The highest BCUT2D eigenvalue weighted by Gasteiger charge is 2.36. The molecule has 3 aromatic carbocycles. The number of phenols is 1. The lowest BCUT2D eigenvalue weighted by molar-refractivity contribution is -0.135. The maximum Gasteiger partial charge on any atom is 0.247 e. The lowest BCUT2D eigenvalue weighted by Crippen LogP contribution is -2.60. The van der Waals surface area contributed by atoms with Crippen molar-refractivity contribution in [2.75, 3.05) is 18.1 Å². The Labute approximate surface area is 469 Å². The van der Waals surface area contributed by atoms with Crippen LogP contribution in [0, 0.1) is 0 Å². The molecule has 21 nitrogen and oxygen atoms in total. The summed E-state index contributed by atoms with van der Waals surface area (Å²) in [6, 6.07) is 10.9. The Morgan fingerprint density at radius 1 is 0.722 bits per heavy atom. The van der Waals surface area contributed by atoms with E-state index in [1.165, 1.54) is 44.0 Å². The summed E-state index contributed by atoms with van der Waals surface area (Å²) in [5, 5.41) is 40.4. The smallest absolute Gasteiger partial charge is 0.247 e. The Morgan fingerprint density at radius 3 is 2.05 bits per heavy atom. The second-order valence-electron chi connectivity index (χ2n) is 19.9. The number of aliphatic hydroxyl groups excluding tert-OH is 1. The summed E-state index contributed by atoms with van der Waals surface area (Å²) in [7, 11) is 2.02. The lowest BCUT2D eigenvalue weighted by Gasteiger charge is -2.27. The number of hydrogen-bond donors (Lipinski definition) is 13. The van der Waals surface area contributed by atoms with E-state index in [1.807, 2.05) is 24.3 Å². The first-order valence-corrected chi connectivity index (χ1v) is 29.7. The van der Waals surface area contributed by atoms with Gasteiger partial charge in [-0.2, -0.15) is 0 Å². The zero-order chi connectivity index (χ0) is 57.3. The number of amides is 8. The first-order valence-electron chi connectivity index (χ1n) is 27.2. The zero-order valence-electron chi connectivity index (χ0n) is 45.0. The van der Waals surface area contributed by atoms with Gasteiger partial charge in [0.1, 0.15) is 48.0 Å². The Bertz CT molecular complexity index is 2630. The second kappa shape index (κ2) is 33.1. The number of rotatable bonds is 26. The fourth-order valence-electron chi connectivity index (χ4n) is 9.02. The van der Waals surface area contributed by atoms with E-state index in [2.05, 4.69) is 49.1 Å². The average Bonchev–Trinajstić information content (AvgIpc) is 3.91. The van der Waals surface area contributed by atoms with Gasteiger partial charge in [0, 0.05) is 41.4 Å². The van der Waals surface area contributed by atoms with Gasteiger partial charge in [0.15, 0.2) is 0 Å². The molecule has 9 atom stereocenters. The summed E-state index contributed by atoms with van der Waals surface area (Å²) in [6.45, 7) is 3.70. The number of aromatic amines is 1. The number of primary amides is 1. The molecule has 1 aliphatic heterocycles. The predicted octanol–water partition coefficient (Wildman–Crippen LogP) is 2.67. The van der Waals surface area contributed by atoms with Crippen LogP contribution in [-0.4, -0.2) is 129 Å². The molecule has 430 valence electrons. The van der Waals surface area contributed by atoms with Gasteiger partial charge in [0.25, 0.3) is 0 Å². The van der Waals surface area contributed by atoms with Crippen molar-refractivity contribution in [3.05, 3.63) is 102 Å². The largest absolute Gasteiger partial charge is 0.508 e. The molecule has 0 bridgehead atoms. The molecule has 0 spiro atoms. The van der Waals surface area contributed by atoms with Gasteiger partial charge < -0.3 is 69.6 Å². The van der Waals surface area contributed by atoms with Crippen molar-refractivity contribution >= 4 is 79.7 Å². The number of carbonyl (C=O) groups is 8. The van der Waals surface area contributed by atoms with Crippen molar-refractivity contribution < 1.29 is 48.6 Å². The van der Waals surface area contributed by atoms with E-state index in [0.29, 0.717) is 36.8 Å². The molecular formula is C56H79N11O10S2. The third kappa shape index (κ3) is 20.5. The van der Waals surface area contributed by atoms with Crippen LogP contribution in [0.25, 0.3) is 10.9 Å². The molecule has 1 aromatic heterocycles. The number of aliphatic hydroxyl groups is 1. The SMILES string of the molecule is CCCCCCCCCCC(N)C(=O)N[C@H](Cc1ccccc1)C(=O)N[C@H]1CSSC[C@@H](C(=O)N[C@H](C(N)=O)[C@@H](C)O)NC(=O)[C@H](CCCCN)NC(=O)[C@@H](Cc2c[nH]c3ccccc23)NC(=O)[C@H](c2ccc(O)cc2)NC1=O. The Hall–Kier alpha value is -6.66. The van der Waals surface area contributed by atoms with Gasteiger partial charge in [0.2, 0.25) is 47.3 Å². The molecule has 1 unspecified atom stereocenters. The summed E-state index contributed by atoms with van der Waals surface area (Å²) in [6.07, 6.45) is 9.88. The summed E-state index contributed by atoms with van der Waals surface area (Å²) < 4.78 is 0. The fourth-order valence-corrected chi connectivity index (χ4v) is 11.3. The third-order valence-electron chi connectivity index (χ3n) is 13.6. The highest BCUT2D eigenvalue weighted by atomic mass is 33.1. The van der Waals surface area contributed by atoms with Crippen LogP contribution in [0.15, 0.2) is 85.1 Å². The minimum absolute atomic E-state index is 0.0139. The van der Waals surface area contributed by atoms with Crippen molar-refractivity contribution in [3.8, 4) is 5.75 Å². The summed E-state index contributed by atoms with van der Waals surface area (Å²) >= 11 is 0. The Morgan fingerprint density at radius 2 is 1.37 bits per heavy atom. The fraction of sp³-hybridized carbons (Fsp3) is 0.500. The lowest BCUT2D eigenvalue weighted by atomic mass is 10.0. The van der Waals surface area contributed by atoms with E-state index in [9.17, 15) is 48.6 Å². The van der Waals surface area contributed by atoms with Crippen LogP contribution in [-0.2, 0) is 51.2 Å². The van der Waals surface area contributed by atoms with Gasteiger partial charge >= 0.3 is 0 Å². The van der Waals surface area contributed by atoms with Crippen molar-refractivity contribution in [3.63, 3.8) is 0 Å². The molecule has 1 aliphatic rings. The number of aromatic nitrogens is 1. The number of H-pyrrole nitrogens is 1. The molecule has 16 N–H and O–H groups in total. The van der Waals surface area contributed by atoms with Crippen LogP contribution >= 0.6 is 21.6 Å². The summed E-state index contributed by atoms with van der Waals surface area (Å²) in [5.74, 6) is -7.15. The van der Waals surface area contributed by atoms with Gasteiger partial charge in [-0.05, 0) is 74.0 Å². The summed E-state index contributed by atoms with van der Waals surface area (Å²) in [5.41, 5.74) is 20.0. The maximum absolute atomic E-state index is 14.9. The molecule has 0 aliphatic carbocycles. The number of aromatic hydroxyl groups is 1. The number of para-hydroxylation sites is 1. The van der Waals surface area contributed by atoms with Crippen LogP contribution in [0.1, 0.15) is 114 Å². The minimum atomic E-state index is -1.55. The molecule has 8 amide bonds. The first kappa shape index (κ1) is 63.2. The van der Waals surface area contributed by atoms with E-state index in [0.717, 1.165) is 64.6 Å². The Balaban J connectivity index is 1.52. The van der Waals surface area contributed by atoms with Crippen LogP contribution in [0.2, 0.25) is 0 Å². The molecule has 79 heavy (non-hydrogen) atoms. The monoisotopic (exact) mass is 1130 g/mol. The molecule has 0 saturated carbocycles. The molecule has 5 rings (SSSR count). The highest BCUT2D eigenvalue weighted by Crippen LogP contribution is 2.26. The third-order valence-corrected chi connectivity index (χ3v) is 16.0. The van der Waals surface area contributed by atoms with Crippen LogP contribution in [0.4, 0.5) is 0 Å². The van der Waals surface area contributed by atoms with Crippen molar-refractivity contribution in [2.45, 2.75) is 158 Å². The average molecular weight is 1130 g/mol. The van der Waals surface area contributed by atoms with Crippen molar-refractivity contribution in [1.82, 2.24) is 42.2 Å². The molecule has 23 heteroatoms. The van der Waals surface area contributed by atoms with E-state index in [-0.39, 0.29) is 48.6 Å². The minimum Gasteiger partial charge on any atom is -0.508 e. The molecule has 1 saturated heterocycles. The number of hydrogen-bond acceptors (Lipinski definition) is 14. The second-order valence-corrected chi connectivity index (χ2v) is 22.5. The molecule has 0 radical (unpaired) electrons. The number of nitrogens with two attached hydrogens (primary N) is 3. The predicted molar refractivity (Wildman–Crippen MR) is 307 cm³/mol. The Kier molecular flexibility index (Phi) is 26.4. The number of unbranched alkanes of at least 4 members (excludes halogenated alkanes) is 8. The van der Waals surface area contributed by atoms with Gasteiger partial charge in [-0.3, -0.25) is 38.4 Å². The van der Waals surface area contributed by atoms with Gasteiger partial charge in [-0.25, -0.2) is 0 Å². The maximum atomic E-state index is 14.9. The normalized spacial score (nSPS) is 20.2. The molecule has 1 fully saturated rings. The van der Waals surface area contributed by atoms with E-state index < -0.39 is 102 Å². The first-order chi connectivity index (χ1) is 38.0. The number of carbonyl (C=O) groups excluding carboxylic acids is 8. The molecular weight excluding hydrogens is 1050 g/mol. The van der Waals surface area contributed by atoms with Gasteiger partial charge in [-0.1, -0.05) is 141 Å². The van der Waals surface area contributed by atoms with Crippen LogP contribution in [0.3, 0.4) is 0 Å². The standard InChI is InChI=1S/C56H79N11O10S2/c1-3-4-5-6-7-8-9-13-21-40(58)50(71)62-43(29-35-18-11-10-12-19-35)52(73)65-46-33-79-78-32-45(54(75)66-47(34(2)68)49(59)70)64-51(72)42(23-16-17-28-57)61-53(74)44(30-37-31-60-41-22-15-14-20-39(37)41)63-56(77)48(67-55(46)76)36-24-26-38(69)27-25-36/h10-12,14-15,18-20,22,24-27,31,34,40,42-48,60,68-69H,3-9,13,16-17,21,23,28-30,32-33,57-58H2,1-2H3,(H2,59,70)(H,61,74)(H,62,71)(H,63,77)(H,64,72)(H,65,73)(H,66,75)(H,67,76)/t34-,40?,42+,43-,44-,45+,46+,47+,48+/m1/s1. The van der Waals surface area contributed by atoms with Gasteiger partial charge in [-0.15, -0.1) is 0 Å². The highest BCUT2D eigenvalue weighted by molar-refractivity contribution is 8.76. The van der Waals surface area contributed by atoms with Crippen molar-refractivity contribution in [2.24, 2.45) is 17.2 Å². The number of fused-ring (bicyclic) bond motifs is 1. The van der Waals surface area contributed by atoms with E-state index in [4.69, 9.17) is 17.2 Å². The van der Waals surface area contributed by atoms with Crippen LogP contribution in [0.5, 0.6) is 5.75 Å². The number of nitrogens with one attached hydrogen (secondary N) is 8. The van der Waals surface area contributed by atoms with Crippen LogP contribution < -0.4 is 54.4 Å². The summed E-state index contributed by atoms with van der Waals surface area (Å²) in [4.78, 5) is 117. The quantitative estimate of drug-likeness (QED) is 0.0318. The van der Waals surface area contributed by atoms with Gasteiger partial charge in [0.05, 0.1) is 12.1 Å².